The highest BCUT2D eigenvalue weighted by molar-refractivity contribution is 6.28. The Bertz CT molecular complexity index is 1010. The van der Waals surface area contributed by atoms with Crippen molar-refractivity contribution in [2.24, 2.45) is 0 Å². The number of hydrogen-bond donors (Lipinski definition) is 0. The van der Waals surface area contributed by atoms with Gasteiger partial charge in [-0.15, -0.1) is 0 Å². The smallest absolute Gasteiger partial charge is 0.528 e. The molecule has 1 radical (unpaired) electrons. The molecule has 4 rings (SSSR count). The van der Waals surface area contributed by atoms with E-state index < -0.39 is 0 Å². The van der Waals surface area contributed by atoms with Crippen LogP contribution < -0.4 is 3.79 Å². The second-order valence-corrected chi connectivity index (χ2v) is 7.30. The Kier molecular flexibility index (Phi) is 5.02. The fourth-order valence-corrected chi connectivity index (χ4v) is 4.00. The maximum absolute atomic E-state index is 6.04. The number of pyridine rings is 1. The highest BCUT2D eigenvalue weighted by atomic mass is 27.1. The Morgan fingerprint density at radius 2 is 1.54 bits per heavy atom. The molecule has 0 aliphatic heterocycles. The second kappa shape index (κ2) is 7.74. The Hall–Kier alpha value is -2.60. The molecule has 0 atom stereocenters. The zero-order valence-corrected chi connectivity index (χ0v) is 15.9. The van der Waals surface area contributed by atoms with Crippen molar-refractivity contribution in [3.05, 3.63) is 96.2 Å². The molecule has 125 valence electrons. The van der Waals surface area contributed by atoms with E-state index in [0.29, 0.717) is 0 Å². The summed E-state index contributed by atoms with van der Waals surface area (Å²) < 4.78 is 6.04. The average Bonchev–Trinajstić information content (AvgIpc) is 2.69. The van der Waals surface area contributed by atoms with Crippen molar-refractivity contribution in [1.82, 2.24) is 4.98 Å². The van der Waals surface area contributed by atoms with Gasteiger partial charge in [-0.3, -0.25) is 4.98 Å². The van der Waals surface area contributed by atoms with E-state index in [1.54, 1.807) is 0 Å². The van der Waals surface area contributed by atoms with Crippen molar-refractivity contribution in [2.45, 2.75) is 12.2 Å². The van der Waals surface area contributed by atoms with Crippen molar-refractivity contribution in [3.8, 4) is 16.9 Å². The molecule has 0 fully saturated rings. The van der Waals surface area contributed by atoms with Crippen molar-refractivity contribution < 1.29 is 3.79 Å². The lowest BCUT2D eigenvalue weighted by Crippen LogP contribution is -2.07. The molecule has 0 N–H and O–H groups in total. The van der Waals surface area contributed by atoms with Crippen LogP contribution in [0.3, 0.4) is 0 Å². The number of benzene rings is 3. The molecular weight excluding hydrogens is 333 g/mol. The van der Waals surface area contributed by atoms with Crippen LogP contribution in [0.15, 0.2) is 84.9 Å². The van der Waals surface area contributed by atoms with E-state index in [1.165, 1.54) is 22.1 Å². The molecule has 3 aromatic carbocycles. The molecule has 0 saturated carbocycles. The predicted molar refractivity (Wildman–Crippen MR) is 108 cm³/mol. The van der Waals surface area contributed by atoms with E-state index in [0.717, 1.165) is 22.2 Å². The van der Waals surface area contributed by atoms with Crippen LogP contribution in [0.1, 0.15) is 11.3 Å². The molecule has 0 bridgehead atoms. The Labute approximate surface area is 160 Å². The van der Waals surface area contributed by atoms with Gasteiger partial charge in [-0.25, -0.2) is 0 Å². The van der Waals surface area contributed by atoms with Gasteiger partial charge in [0.15, 0.2) is 0 Å². The van der Waals surface area contributed by atoms with E-state index in [4.69, 9.17) is 8.77 Å². The van der Waals surface area contributed by atoms with Crippen LogP contribution in [0.2, 0.25) is 0 Å². The van der Waals surface area contributed by atoms with Gasteiger partial charge < -0.3 is 3.79 Å². The van der Waals surface area contributed by atoms with Gasteiger partial charge in [0.1, 0.15) is 0 Å². The maximum Gasteiger partial charge on any atom is 0.528 e. The van der Waals surface area contributed by atoms with Crippen LogP contribution in [-0.4, -0.2) is 20.5 Å². The highest BCUT2D eigenvalue weighted by Gasteiger charge is 2.07. The molecule has 1 heterocycles. The molecule has 2 nitrogen and oxygen atoms in total. The fourth-order valence-electron chi connectivity index (χ4n) is 3.05. The zero-order chi connectivity index (χ0) is 17.8. The van der Waals surface area contributed by atoms with Crippen LogP contribution >= 0.6 is 0 Å². The van der Waals surface area contributed by atoms with Crippen molar-refractivity contribution in [1.29, 1.82) is 0 Å². The highest BCUT2D eigenvalue weighted by Crippen LogP contribution is 2.22. The summed E-state index contributed by atoms with van der Waals surface area (Å²) in [6.07, 6.45) is 0. The van der Waals surface area contributed by atoms with Gasteiger partial charge in [0.2, 0.25) is 0 Å². The summed E-state index contributed by atoms with van der Waals surface area (Å²) in [5, 5.41) is 2.12. The summed E-state index contributed by atoms with van der Waals surface area (Å²) >= 11 is -0.165. The van der Waals surface area contributed by atoms with Crippen molar-refractivity contribution >= 4 is 26.5 Å². The third-order valence-electron chi connectivity index (χ3n) is 4.43. The molecule has 26 heavy (non-hydrogen) atoms. The molecular formula is C23H19AlNO. The van der Waals surface area contributed by atoms with Crippen LogP contribution in [0, 0.1) is 6.92 Å². The largest absolute Gasteiger partial charge is 0.648 e. The summed E-state index contributed by atoms with van der Waals surface area (Å²) in [7, 11) is 0. The molecule has 0 aliphatic rings. The van der Waals surface area contributed by atoms with Gasteiger partial charge >= 0.3 is 15.6 Å². The van der Waals surface area contributed by atoms with Gasteiger partial charge in [0.05, 0.1) is 11.3 Å². The third-order valence-corrected chi connectivity index (χ3v) is 5.47. The van der Waals surface area contributed by atoms with Gasteiger partial charge in [-0.1, -0.05) is 66.7 Å². The first-order valence-electron chi connectivity index (χ1n) is 8.79. The summed E-state index contributed by atoms with van der Waals surface area (Å²) in [6, 6.07) is 29.3. The van der Waals surface area contributed by atoms with E-state index in [-0.39, 0.29) is 15.6 Å². The lowest BCUT2D eigenvalue weighted by atomic mass is 10.1. The first kappa shape index (κ1) is 16.8. The monoisotopic (exact) mass is 352 g/mol. The molecule has 1 aromatic heterocycles. The van der Waals surface area contributed by atoms with E-state index in [2.05, 4.69) is 78.9 Å². The molecule has 4 aromatic rings. The summed E-state index contributed by atoms with van der Waals surface area (Å²) in [5.41, 5.74) is 5.85. The lowest BCUT2D eigenvalue weighted by molar-refractivity contribution is 0.592. The van der Waals surface area contributed by atoms with E-state index in [1.807, 2.05) is 13.0 Å². The fraction of sp³-hybridized carbons (Fsp3) is 0.0870. The Morgan fingerprint density at radius 1 is 0.769 bits per heavy atom. The number of nitrogens with zero attached hydrogens (tertiary/aromatic N) is 1. The molecule has 0 spiro atoms. The molecule has 3 heteroatoms. The van der Waals surface area contributed by atoms with Crippen molar-refractivity contribution in [3.63, 3.8) is 0 Å². The van der Waals surface area contributed by atoms with Gasteiger partial charge in [-0.2, -0.15) is 0 Å². The van der Waals surface area contributed by atoms with Crippen LogP contribution in [0.5, 0.6) is 5.75 Å². The van der Waals surface area contributed by atoms with E-state index >= 15 is 0 Å². The first-order chi connectivity index (χ1) is 12.8. The first-order valence-corrected chi connectivity index (χ1v) is 10.1. The summed E-state index contributed by atoms with van der Waals surface area (Å²) in [6.45, 7) is 2.04. The predicted octanol–water partition coefficient (Wildman–Crippen LogP) is 5.41. The number of hydrogen-bond acceptors (Lipinski definition) is 2. The Morgan fingerprint density at radius 3 is 2.35 bits per heavy atom. The lowest BCUT2D eigenvalue weighted by Gasteiger charge is -2.09. The van der Waals surface area contributed by atoms with Gasteiger partial charge in [-0.05, 0) is 47.1 Å². The van der Waals surface area contributed by atoms with Gasteiger partial charge in [0, 0.05) is 11.1 Å². The number of aromatic nitrogens is 1. The minimum Gasteiger partial charge on any atom is -0.648 e. The summed E-state index contributed by atoms with van der Waals surface area (Å²) in [4.78, 5) is 4.70. The van der Waals surface area contributed by atoms with Crippen LogP contribution in [0.25, 0.3) is 22.0 Å². The number of para-hydroxylation sites is 1. The second-order valence-electron chi connectivity index (χ2n) is 6.32. The SMILES string of the molecule is Cc1ccc2cccc([CH2][Al][O]c3ccc(-c4ccccc4)cc3)c2n1. The number of rotatable bonds is 5. The normalized spacial score (nSPS) is 10.7. The Balaban J connectivity index is 1.43. The van der Waals surface area contributed by atoms with Gasteiger partial charge in [0.25, 0.3) is 0 Å². The molecule has 0 amide bonds. The van der Waals surface area contributed by atoms with Crippen molar-refractivity contribution in [2.75, 3.05) is 0 Å². The average molecular weight is 352 g/mol. The standard InChI is InChI=1S/C12H10O.C11H10N.Al/c13-12-8-6-11(7-9-12)10-4-2-1-3-5-10;1-8-4-3-5-10-7-6-9(2)12-11(8)10;/h1-9,13H;3-7H,1H2,2H3;/q;;+1/p-1. The molecule has 0 saturated heterocycles. The zero-order valence-electron chi connectivity index (χ0n) is 14.7. The minimum absolute atomic E-state index is 0.165. The minimum atomic E-state index is -0.165. The topological polar surface area (TPSA) is 22.1 Å². The van der Waals surface area contributed by atoms with Crippen LogP contribution in [0.4, 0.5) is 0 Å². The molecule has 0 aliphatic carbocycles. The third kappa shape index (κ3) is 3.80. The molecule has 0 unspecified atom stereocenters. The summed E-state index contributed by atoms with van der Waals surface area (Å²) in [5.74, 6) is 0.934. The van der Waals surface area contributed by atoms with Crippen LogP contribution in [-0.2, 0) is 5.28 Å². The van der Waals surface area contributed by atoms with E-state index in [9.17, 15) is 0 Å². The quantitative estimate of drug-likeness (QED) is 0.448. The number of aryl methyl sites for hydroxylation is 1. The maximum atomic E-state index is 6.04. The number of fused-ring (bicyclic) bond motifs is 1.